The van der Waals surface area contributed by atoms with E-state index in [4.69, 9.17) is 9.47 Å². The highest BCUT2D eigenvalue weighted by Gasteiger charge is 2.34. The van der Waals surface area contributed by atoms with Gasteiger partial charge in [-0.05, 0) is 6.92 Å². The first-order chi connectivity index (χ1) is 6.85. The van der Waals surface area contributed by atoms with Crippen LogP contribution in [0.3, 0.4) is 0 Å². The standard InChI is InChI=1S/C10H14O5/c1-6-7(5-8(11)13-4)9(12)15-10(2,3)14-6/h5H2,1-4H3. The van der Waals surface area contributed by atoms with Crippen LogP contribution in [0, 0.1) is 0 Å². The number of hydrogen-bond donors (Lipinski definition) is 0. The SMILES string of the molecule is COC(=O)CC1=C(C)OC(C)(C)OC1=O. The van der Waals surface area contributed by atoms with E-state index in [-0.39, 0.29) is 12.0 Å². The van der Waals surface area contributed by atoms with E-state index < -0.39 is 17.7 Å². The third kappa shape index (κ3) is 2.71. The summed E-state index contributed by atoms with van der Waals surface area (Å²) < 4.78 is 14.8. The van der Waals surface area contributed by atoms with E-state index in [0.717, 1.165) is 0 Å². The first kappa shape index (κ1) is 11.6. The van der Waals surface area contributed by atoms with Crippen LogP contribution in [0.2, 0.25) is 0 Å². The molecule has 0 bridgehead atoms. The molecule has 5 heteroatoms. The molecule has 0 N–H and O–H groups in total. The molecule has 0 amide bonds. The number of carbonyl (C=O) groups excluding carboxylic acids is 2. The number of ether oxygens (including phenoxy) is 3. The molecule has 0 spiro atoms. The first-order valence-electron chi connectivity index (χ1n) is 4.54. The molecule has 0 aromatic rings. The summed E-state index contributed by atoms with van der Waals surface area (Å²) in [5.41, 5.74) is 0.209. The number of cyclic esters (lactones) is 1. The van der Waals surface area contributed by atoms with Gasteiger partial charge >= 0.3 is 11.9 Å². The number of carbonyl (C=O) groups is 2. The number of methoxy groups -OCH3 is 1. The second kappa shape index (κ2) is 3.92. The van der Waals surface area contributed by atoms with Crippen LogP contribution in [0.15, 0.2) is 11.3 Å². The lowest BCUT2D eigenvalue weighted by Crippen LogP contribution is -2.36. The molecular weight excluding hydrogens is 200 g/mol. The van der Waals surface area contributed by atoms with Gasteiger partial charge in [-0.1, -0.05) is 0 Å². The lowest BCUT2D eigenvalue weighted by Gasteiger charge is -2.32. The Morgan fingerprint density at radius 1 is 1.40 bits per heavy atom. The van der Waals surface area contributed by atoms with Crippen LogP contribution in [0.5, 0.6) is 0 Å². The molecule has 0 saturated heterocycles. The maximum Gasteiger partial charge on any atom is 0.341 e. The zero-order valence-electron chi connectivity index (χ0n) is 9.25. The molecule has 0 aromatic heterocycles. The summed E-state index contributed by atoms with van der Waals surface area (Å²) in [6.07, 6.45) is -0.128. The molecule has 0 radical (unpaired) electrons. The molecule has 1 aliphatic heterocycles. The zero-order chi connectivity index (χ0) is 11.6. The molecule has 0 fully saturated rings. The smallest absolute Gasteiger partial charge is 0.341 e. The van der Waals surface area contributed by atoms with Crippen molar-refractivity contribution in [2.45, 2.75) is 33.0 Å². The van der Waals surface area contributed by atoms with Gasteiger partial charge in [0.05, 0.1) is 19.1 Å². The van der Waals surface area contributed by atoms with Gasteiger partial charge in [0.15, 0.2) is 0 Å². The van der Waals surface area contributed by atoms with Crippen molar-refractivity contribution in [3.8, 4) is 0 Å². The minimum Gasteiger partial charge on any atom is -0.469 e. The summed E-state index contributed by atoms with van der Waals surface area (Å²) in [4.78, 5) is 22.5. The summed E-state index contributed by atoms with van der Waals surface area (Å²) in [6.45, 7) is 4.88. The van der Waals surface area contributed by atoms with Crippen LogP contribution < -0.4 is 0 Å². The fourth-order valence-electron chi connectivity index (χ4n) is 1.29. The van der Waals surface area contributed by atoms with Gasteiger partial charge in [-0.2, -0.15) is 0 Å². The normalized spacial score (nSPS) is 19.3. The van der Waals surface area contributed by atoms with Crippen molar-refractivity contribution in [1.29, 1.82) is 0 Å². The van der Waals surface area contributed by atoms with Crippen molar-refractivity contribution < 1.29 is 23.8 Å². The molecule has 15 heavy (non-hydrogen) atoms. The predicted molar refractivity (Wildman–Crippen MR) is 50.6 cm³/mol. The Labute approximate surface area is 88.0 Å². The third-order valence-electron chi connectivity index (χ3n) is 1.96. The van der Waals surface area contributed by atoms with Crippen molar-refractivity contribution in [3.63, 3.8) is 0 Å². The van der Waals surface area contributed by atoms with Gasteiger partial charge in [0.2, 0.25) is 5.79 Å². The number of hydrogen-bond acceptors (Lipinski definition) is 5. The van der Waals surface area contributed by atoms with Gasteiger partial charge in [0, 0.05) is 13.8 Å². The third-order valence-corrected chi connectivity index (χ3v) is 1.96. The fraction of sp³-hybridized carbons (Fsp3) is 0.600. The maximum absolute atomic E-state index is 11.5. The van der Waals surface area contributed by atoms with Crippen molar-refractivity contribution in [2.24, 2.45) is 0 Å². The predicted octanol–water partition coefficient (Wildman–Crippen LogP) is 1.13. The average Bonchev–Trinajstić information content (AvgIpc) is 2.09. The molecule has 0 unspecified atom stereocenters. The second-order valence-electron chi connectivity index (χ2n) is 3.68. The lowest BCUT2D eigenvalue weighted by molar-refractivity contribution is -0.207. The molecule has 0 aromatic carbocycles. The highest BCUT2D eigenvalue weighted by atomic mass is 16.7. The molecule has 1 heterocycles. The van der Waals surface area contributed by atoms with Gasteiger partial charge < -0.3 is 14.2 Å². The molecule has 1 rings (SSSR count). The number of allylic oxidation sites excluding steroid dienone is 1. The Bertz CT molecular complexity index is 327. The van der Waals surface area contributed by atoms with Crippen molar-refractivity contribution >= 4 is 11.9 Å². The van der Waals surface area contributed by atoms with E-state index in [1.54, 1.807) is 20.8 Å². The van der Waals surface area contributed by atoms with E-state index in [2.05, 4.69) is 4.74 Å². The highest BCUT2D eigenvalue weighted by Crippen LogP contribution is 2.27. The molecule has 5 nitrogen and oxygen atoms in total. The Kier molecular flexibility index (Phi) is 3.02. The molecule has 84 valence electrons. The summed E-state index contributed by atoms with van der Waals surface area (Å²) in [5.74, 6) is -1.60. The summed E-state index contributed by atoms with van der Waals surface area (Å²) in [6, 6.07) is 0. The summed E-state index contributed by atoms with van der Waals surface area (Å²) >= 11 is 0. The van der Waals surface area contributed by atoms with Crippen LogP contribution in [-0.4, -0.2) is 24.8 Å². The van der Waals surface area contributed by atoms with E-state index in [1.165, 1.54) is 7.11 Å². The van der Waals surface area contributed by atoms with Crippen LogP contribution in [0.1, 0.15) is 27.2 Å². The maximum atomic E-state index is 11.5. The second-order valence-corrected chi connectivity index (χ2v) is 3.68. The summed E-state index contributed by atoms with van der Waals surface area (Å²) in [5, 5.41) is 0. The monoisotopic (exact) mass is 214 g/mol. The molecule has 1 aliphatic rings. The number of esters is 2. The number of rotatable bonds is 2. The average molecular weight is 214 g/mol. The van der Waals surface area contributed by atoms with Gasteiger partial charge in [0.25, 0.3) is 0 Å². The van der Waals surface area contributed by atoms with Gasteiger partial charge in [0.1, 0.15) is 5.76 Å². The minimum atomic E-state index is -0.971. The Morgan fingerprint density at radius 3 is 2.47 bits per heavy atom. The summed E-state index contributed by atoms with van der Waals surface area (Å²) in [7, 11) is 1.26. The van der Waals surface area contributed by atoms with Gasteiger partial charge in [-0.3, -0.25) is 4.79 Å². The van der Waals surface area contributed by atoms with E-state index in [1.807, 2.05) is 0 Å². The highest BCUT2D eigenvalue weighted by molar-refractivity contribution is 5.94. The van der Waals surface area contributed by atoms with Gasteiger partial charge in [-0.15, -0.1) is 0 Å². The Hall–Kier alpha value is -1.52. The first-order valence-corrected chi connectivity index (χ1v) is 4.54. The van der Waals surface area contributed by atoms with Crippen molar-refractivity contribution in [2.75, 3.05) is 7.11 Å². The van der Waals surface area contributed by atoms with E-state index >= 15 is 0 Å². The minimum absolute atomic E-state index is 0.128. The van der Waals surface area contributed by atoms with Crippen LogP contribution in [-0.2, 0) is 23.8 Å². The topological polar surface area (TPSA) is 61.8 Å². The Morgan fingerprint density at radius 2 is 2.00 bits per heavy atom. The van der Waals surface area contributed by atoms with E-state index in [9.17, 15) is 9.59 Å². The Balaban J connectivity index is 2.87. The fourth-order valence-corrected chi connectivity index (χ4v) is 1.29. The van der Waals surface area contributed by atoms with Crippen molar-refractivity contribution in [1.82, 2.24) is 0 Å². The van der Waals surface area contributed by atoms with Crippen LogP contribution in [0.4, 0.5) is 0 Å². The quantitative estimate of drug-likeness (QED) is 0.645. The largest absolute Gasteiger partial charge is 0.469 e. The van der Waals surface area contributed by atoms with Crippen LogP contribution >= 0.6 is 0 Å². The van der Waals surface area contributed by atoms with Crippen molar-refractivity contribution in [3.05, 3.63) is 11.3 Å². The lowest BCUT2D eigenvalue weighted by atomic mass is 10.1. The molecular formula is C10H14O5. The van der Waals surface area contributed by atoms with E-state index in [0.29, 0.717) is 5.76 Å². The molecule has 0 aliphatic carbocycles. The zero-order valence-corrected chi connectivity index (χ0v) is 9.25. The molecule has 0 saturated carbocycles. The van der Waals surface area contributed by atoms with Gasteiger partial charge in [-0.25, -0.2) is 4.79 Å². The van der Waals surface area contributed by atoms with Crippen LogP contribution in [0.25, 0.3) is 0 Å². The molecule has 0 atom stereocenters.